The minimum atomic E-state index is -1.03. The Hall–Kier alpha value is -2.10. The molecule has 2 fully saturated rings. The van der Waals surface area contributed by atoms with Crippen LogP contribution in [0.2, 0.25) is 0 Å². The molecular formula is C22H27BFNO3. The van der Waals surface area contributed by atoms with Gasteiger partial charge in [0.2, 0.25) is 5.91 Å². The maximum atomic E-state index is 15.2. The highest BCUT2D eigenvalue weighted by molar-refractivity contribution is 6.55. The Morgan fingerprint density at radius 2 is 1.86 bits per heavy atom. The van der Waals surface area contributed by atoms with Gasteiger partial charge in [0.1, 0.15) is 5.73 Å². The lowest BCUT2D eigenvalue weighted by molar-refractivity contribution is -0.127. The van der Waals surface area contributed by atoms with Gasteiger partial charge >= 0.3 is 7.12 Å². The molecular weight excluding hydrogens is 356 g/mol. The number of nitrogens with zero attached hydrogens (tertiary/aromatic N) is 1. The van der Waals surface area contributed by atoms with Gasteiger partial charge in [-0.15, -0.1) is 0 Å². The van der Waals surface area contributed by atoms with Crippen molar-refractivity contribution in [1.82, 2.24) is 4.90 Å². The van der Waals surface area contributed by atoms with Crippen LogP contribution < -0.4 is 0 Å². The van der Waals surface area contributed by atoms with Crippen LogP contribution in [0, 0.1) is 11.8 Å². The van der Waals surface area contributed by atoms with Gasteiger partial charge in [-0.3, -0.25) is 4.79 Å². The smallest absolute Gasteiger partial charge is 0.398 e. The van der Waals surface area contributed by atoms with E-state index in [2.05, 4.69) is 11.8 Å². The second-order valence-electron chi connectivity index (χ2n) is 8.33. The highest BCUT2D eigenvalue weighted by atomic mass is 19.1. The van der Waals surface area contributed by atoms with Crippen LogP contribution in [0.4, 0.5) is 4.39 Å². The van der Waals surface area contributed by atoms with Crippen LogP contribution in [-0.2, 0) is 14.1 Å². The van der Waals surface area contributed by atoms with Gasteiger partial charge in [0.25, 0.3) is 0 Å². The van der Waals surface area contributed by atoms with E-state index in [1.807, 2.05) is 52.0 Å². The predicted octanol–water partition coefficient (Wildman–Crippen LogP) is 3.99. The van der Waals surface area contributed by atoms with Crippen molar-refractivity contribution < 1.29 is 18.5 Å². The van der Waals surface area contributed by atoms with Gasteiger partial charge in [0.15, 0.2) is 0 Å². The lowest BCUT2D eigenvalue weighted by Crippen LogP contribution is -2.41. The summed E-state index contributed by atoms with van der Waals surface area (Å²) in [7, 11) is -1.03. The molecule has 0 saturated carbocycles. The van der Waals surface area contributed by atoms with Crippen LogP contribution in [0.1, 0.15) is 58.6 Å². The second kappa shape index (κ2) is 7.73. The summed E-state index contributed by atoms with van der Waals surface area (Å²) in [6.07, 6.45) is 1.48. The lowest BCUT2D eigenvalue weighted by atomic mass is 9.82. The molecule has 0 unspecified atom stereocenters. The summed E-state index contributed by atoms with van der Waals surface area (Å²) in [5, 5.41) is 0. The molecule has 0 aliphatic carbocycles. The van der Waals surface area contributed by atoms with E-state index in [9.17, 15) is 4.79 Å². The van der Waals surface area contributed by atoms with Crippen molar-refractivity contribution in [2.24, 2.45) is 0 Å². The molecule has 0 bridgehead atoms. The minimum absolute atomic E-state index is 0.144. The monoisotopic (exact) mass is 383 g/mol. The Bertz CT molecular complexity index is 850. The fraction of sp³-hybridized carbons (Fsp3) is 0.500. The van der Waals surface area contributed by atoms with Crippen LogP contribution >= 0.6 is 0 Å². The first-order valence-corrected chi connectivity index (χ1v) is 9.70. The molecule has 2 aliphatic rings. The van der Waals surface area contributed by atoms with Gasteiger partial charge in [0.05, 0.1) is 17.7 Å². The number of benzene rings is 1. The first kappa shape index (κ1) is 20.6. The summed E-state index contributed by atoms with van der Waals surface area (Å²) >= 11 is 0. The van der Waals surface area contributed by atoms with E-state index in [4.69, 9.17) is 9.31 Å². The number of amides is 1. The summed E-state index contributed by atoms with van der Waals surface area (Å²) in [4.78, 5) is 13.5. The number of rotatable bonds is 3. The first-order chi connectivity index (χ1) is 13.1. The van der Waals surface area contributed by atoms with Gasteiger partial charge in [0, 0.05) is 18.5 Å². The zero-order valence-corrected chi connectivity index (χ0v) is 17.3. The highest BCUT2D eigenvalue weighted by Crippen LogP contribution is 2.40. The van der Waals surface area contributed by atoms with Crippen molar-refractivity contribution in [3.05, 3.63) is 41.1 Å². The Morgan fingerprint density at radius 1 is 1.21 bits per heavy atom. The van der Waals surface area contributed by atoms with E-state index in [0.29, 0.717) is 24.1 Å². The molecule has 148 valence electrons. The molecule has 28 heavy (non-hydrogen) atoms. The number of carbonyl (C=O) groups is 1. The minimum Gasteiger partial charge on any atom is -0.398 e. The number of halogens is 1. The fourth-order valence-electron chi connectivity index (χ4n) is 3.27. The average Bonchev–Trinajstić information content (AvgIpc) is 3.14. The summed E-state index contributed by atoms with van der Waals surface area (Å²) in [5.41, 5.74) is 0.227. The quantitative estimate of drug-likeness (QED) is 0.585. The first-order valence-electron chi connectivity index (χ1n) is 9.70. The van der Waals surface area contributed by atoms with Crippen molar-refractivity contribution in [1.29, 1.82) is 0 Å². The van der Waals surface area contributed by atoms with E-state index in [1.165, 1.54) is 0 Å². The summed E-state index contributed by atoms with van der Waals surface area (Å²) in [6, 6.07) is 7.42. The van der Waals surface area contributed by atoms with E-state index in [0.717, 1.165) is 18.5 Å². The van der Waals surface area contributed by atoms with Crippen molar-refractivity contribution in [2.45, 2.75) is 58.7 Å². The van der Waals surface area contributed by atoms with Crippen LogP contribution in [-0.4, -0.2) is 42.2 Å². The third-order valence-corrected chi connectivity index (χ3v) is 5.81. The number of allylic oxidation sites excluding steroid dienone is 1. The Labute approximate surface area is 167 Å². The average molecular weight is 383 g/mol. The Kier molecular flexibility index (Phi) is 5.70. The molecule has 1 aromatic carbocycles. The molecule has 2 aliphatic heterocycles. The molecule has 4 nitrogen and oxygen atoms in total. The topological polar surface area (TPSA) is 38.8 Å². The summed E-state index contributed by atoms with van der Waals surface area (Å²) < 4.78 is 26.9. The Balaban J connectivity index is 1.84. The van der Waals surface area contributed by atoms with Gasteiger partial charge in [-0.1, -0.05) is 30.0 Å². The zero-order valence-electron chi connectivity index (χ0n) is 17.3. The maximum absolute atomic E-state index is 15.2. The third-order valence-electron chi connectivity index (χ3n) is 5.81. The SMILES string of the molecule is CC(=C(F)B1OC(C)(C)C(C)(C)O1)c1ccccc1C#CCN1CCCC1=O. The molecule has 0 atom stereocenters. The number of hydrogen-bond donors (Lipinski definition) is 0. The summed E-state index contributed by atoms with van der Waals surface area (Å²) in [6.45, 7) is 10.5. The van der Waals surface area contributed by atoms with Gasteiger partial charge in [-0.05, 0) is 58.2 Å². The number of hydrogen-bond acceptors (Lipinski definition) is 3. The van der Waals surface area contributed by atoms with E-state index in [-0.39, 0.29) is 5.91 Å². The number of carbonyl (C=O) groups excluding carboxylic acids is 1. The van der Waals surface area contributed by atoms with Crippen molar-refractivity contribution in [3.63, 3.8) is 0 Å². The van der Waals surface area contributed by atoms with Gasteiger partial charge in [-0.2, -0.15) is 0 Å². The molecule has 2 saturated heterocycles. The molecule has 2 heterocycles. The van der Waals surface area contributed by atoms with Crippen LogP contribution in [0.5, 0.6) is 0 Å². The zero-order chi connectivity index (χ0) is 20.5. The molecule has 0 spiro atoms. The normalized spacial score (nSPS) is 21.4. The second-order valence-corrected chi connectivity index (χ2v) is 8.33. The molecule has 1 amide bonds. The molecule has 6 heteroatoms. The van der Waals surface area contributed by atoms with Crippen molar-refractivity contribution in [3.8, 4) is 11.8 Å². The van der Waals surface area contributed by atoms with E-state index < -0.39 is 24.0 Å². The largest absolute Gasteiger partial charge is 0.525 e. The lowest BCUT2D eigenvalue weighted by Gasteiger charge is -2.32. The predicted molar refractivity (Wildman–Crippen MR) is 109 cm³/mol. The van der Waals surface area contributed by atoms with E-state index >= 15 is 4.39 Å². The fourth-order valence-corrected chi connectivity index (χ4v) is 3.27. The number of likely N-dealkylation sites (tertiary alicyclic amines) is 1. The summed E-state index contributed by atoms with van der Waals surface area (Å²) in [5.74, 6) is 6.29. The maximum Gasteiger partial charge on any atom is 0.525 e. The van der Waals surface area contributed by atoms with Crippen LogP contribution in [0.3, 0.4) is 0 Å². The molecule has 0 N–H and O–H groups in total. The molecule has 3 rings (SSSR count). The molecule has 1 aromatic rings. The van der Waals surface area contributed by atoms with Gasteiger partial charge < -0.3 is 14.2 Å². The van der Waals surface area contributed by atoms with Gasteiger partial charge in [-0.25, -0.2) is 4.39 Å². The standard InChI is InChI=1S/C22H27BFNO3/c1-16(20(24)23-27-21(2,3)22(4,5)28-23)18-12-7-6-10-17(18)11-8-14-25-15-9-13-19(25)26/h6-7,10,12H,9,13-15H2,1-5H3. The van der Waals surface area contributed by atoms with Crippen LogP contribution in [0.25, 0.3) is 5.57 Å². The van der Waals surface area contributed by atoms with E-state index in [1.54, 1.807) is 11.8 Å². The highest BCUT2D eigenvalue weighted by Gasteiger charge is 2.53. The van der Waals surface area contributed by atoms with Crippen molar-refractivity contribution >= 4 is 18.6 Å². The van der Waals surface area contributed by atoms with Crippen molar-refractivity contribution in [2.75, 3.05) is 13.1 Å². The third kappa shape index (κ3) is 4.01. The molecule has 0 aromatic heterocycles. The van der Waals surface area contributed by atoms with Crippen LogP contribution in [0.15, 0.2) is 30.0 Å². The molecule has 0 radical (unpaired) electrons. The Morgan fingerprint density at radius 3 is 2.46 bits per heavy atom.